The van der Waals surface area contributed by atoms with Gasteiger partial charge < -0.3 is 14.2 Å². The van der Waals surface area contributed by atoms with Crippen LogP contribution in [0.1, 0.15) is 15.9 Å². The molecule has 2 aromatic rings. The smallest absolute Gasteiger partial charge is 0.339 e. The molecule has 3 rings (SSSR count). The number of carbonyl (C=O) groups is 2. The molecule has 0 radical (unpaired) electrons. The van der Waals surface area contributed by atoms with Crippen LogP contribution in [0.15, 0.2) is 59.1 Å². The minimum Gasteiger partial charge on any atom is -0.496 e. The van der Waals surface area contributed by atoms with Crippen LogP contribution in [-0.4, -0.2) is 31.8 Å². The normalized spacial score (nSPS) is 16.2. The molecule has 0 fully saturated rings. The maximum atomic E-state index is 12.1. The minimum absolute atomic E-state index is 0.0275. The zero-order chi connectivity index (χ0) is 17.8. The molecular formula is C19H15BrO5. The predicted octanol–water partition coefficient (Wildman–Crippen LogP) is 3.62. The van der Waals surface area contributed by atoms with Gasteiger partial charge in [-0.25, -0.2) is 9.59 Å². The zero-order valence-corrected chi connectivity index (χ0v) is 15.0. The second-order valence-corrected chi connectivity index (χ2v) is 6.19. The Morgan fingerprint density at radius 3 is 2.64 bits per heavy atom. The highest BCUT2D eigenvalue weighted by atomic mass is 79.9. The van der Waals surface area contributed by atoms with E-state index < -0.39 is 18.0 Å². The number of hydrogen-bond acceptors (Lipinski definition) is 5. The Balaban J connectivity index is 1.68. The van der Waals surface area contributed by atoms with Crippen molar-refractivity contribution in [2.24, 2.45) is 0 Å². The molecule has 1 aliphatic heterocycles. The van der Waals surface area contributed by atoms with E-state index in [0.29, 0.717) is 22.4 Å². The molecule has 25 heavy (non-hydrogen) atoms. The van der Waals surface area contributed by atoms with Gasteiger partial charge in [0.2, 0.25) is 0 Å². The van der Waals surface area contributed by atoms with E-state index in [1.165, 1.54) is 0 Å². The third-order valence-corrected chi connectivity index (χ3v) is 4.30. The van der Waals surface area contributed by atoms with Crippen molar-refractivity contribution in [3.63, 3.8) is 0 Å². The fourth-order valence-corrected chi connectivity index (χ4v) is 2.98. The monoisotopic (exact) mass is 402 g/mol. The van der Waals surface area contributed by atoms with E-state index in [1.807, 2.05) is 6.07 Å². The Hall–Kier alpha value is -2.60. The first kappa shape index (κ1) is 17.2. The highest BCUT2D eigenvalue weighted by Crippen LogP contribution is 2.31. The van der Waals surface area contributed by atoms with Crippen molar-refractivity contribution in [3.8, 4) is 5.75 Å². The predicted molar refractivity (Wildman–Crippen MR) is 95.3 cm³/mol. The van der Waals surface area contributed by atoms with Gasteiger partial charge in [0, 0.05) is 0 Å². The zero-order valence-electron chi connectivity index (χ0n) is 13.4. The average Bonchev–Trinajstić information content (AvgIpc) is 3.01. The van der Waals surface area contributed by atoms with Crippen LogP contribution in [0.2, 0.25) is 0 Å². The van der Waals surface area contributed by atoms with Gasteiger partial charge >= 0.3 is 11.9 Å². The first-order valence-electron chi connectivity index (χ1n) is 7.57. The summed E-state index contributed by atoms with van der Waals surface area (Å²) in [5, 5.41) is 0. The number of halogens is 1. The molecule has 2 aromatic carbocycles. The fourth-order valence-electron chi connectivity index (χ4n) is 2.43. The van der Waals surface area contributed by atoms with Crippen LogP contribution in [-0.2, 0) is 14.3 Å². The van der Waals surface area contributed by atoms with Crippen LogP contribution in [0.4, 0.5) is 0 Å². The van der Waals surface area contributed by atoms with Gasteiger partial charge in [-0.1, -0.05) is 24.3 Å². The fraction of sp³-hybridized carbons (Fsp3) is 0.158. The highest BCUT2D eigenvalue weighted by Gasteiger charge is 2.28. The molecule has 1 aliphatic rings. The van der Waals surface area contributed by atoms with E-state index in [2.05, 4.69) is 15.9 Å². The van der Waals surface area contributed by atoms with E-state index in [4.69, 9.17) is 14.2 Å². The Bertz CT molecular complexity index is 829. The first-order chi connectivity index (χ1) is 12.1. The maximum Gasteiger partial charge on any atom is 0.339 e. The molecule has 0 aromatic heterocycles. The van der Waals surface area contributed by atoms with Crippen molar-refractivity contribution in [1.82, 2.24) is 0 Å². The van der Waals surface area contributed by atoms with Gasteiger partial charge in [0.25, 0.3) is 0 Å². The highest BCUT2D eigenvalue weighted by molar-refractivity contribution is 9.10. The summed E-state index contributed by atoms with van der Waals surface area (Å²) in [6.45, 7) is -0.0275. The van der Waals surface area contributed by atoms with E-state index in [9.17, 15) is 9.59 Å². The van der Waals surface area contributed by atoms with E-state index >= 15 is 0 Å². The Labute approximate surface area is 153 Å². The summed E-state index contributed by atoms with van der Waals surface area (Å²) in [5.74, 6) is -0.229. The summed E-state index contributed by atoms with van der Waals surface area (Å²) in [4.78, 5) is 24.0. The van der Waals surface area contributed by atoms with Crippen molar-refractivity contribution < 1.29 is 23.8 Å². The van der Waals surface area contributed by atoms with Gasteiger partial charge in [-0.2, -0.15) is 0 Å². The number of hydrogen-bond donors (Lipinski definition) is 0. The molecule has 1 heterocycles. The van der Waals surface area contributed by atoms with E-state index in [0.717, 1.165) is 4.47 Å². The van der Waals surface area contributed by atoms with Crippen molar-refractivity contribution in [2.45, 2.75) is 6.10 Å². The third-order valence-electron chi connectivity index (χ3n) is 3.68. The number of esters is 2. The Morgan fingerprint density at radius 2 is 1.96 bits per heavy atom. The SMILES string of the molecule is COc1ccc(C2=CC(COC(=O)c3ccccc3)OC2=O)cc1Br. The molecule has 6 heteroatoms. The van der Waals surface area contributed by atoms with E-state index in [1.54, 1.807) is 55.7 Å². The standard InChI is InChI=1S/C19H15BrO5/c1-23-17-8-7-13(9-16(17)20)15-10-14(25-19(15)22)11-24-18(21)12-5-3-2-4-6-12/h2-10,14H,11H2,1H3. The topological polar surface area (TPSA) is 61.8 Å². The number of cyclic esters (lactones) is 1. The molecule has 0 saturated heterocycles. The lowest BCUT2D eigenvalue weighted by atomic mass is 10.1. The summed E-state index contributed by atoms with van der Waals surface area (Å²) < 4.78 is 16.4. The largest absolute Gasteiger partial charge is 0.496 e. The third kappa shape index (κ3) is 3.91. The summed E-state index contributed by atoms with van der Waals surface area (Å²) in [5.41, 5.74) is 1.59. The quantitative estimate of drug-likeness (QED) is 0.714. The van der Waals surface area contributed by atoms with Crippen LogP contribution in [0.3, 0.4) is 0 Å². The number of benzene rings is 2. The van der Waals surface area contributed by atoms with Gasteiger partial charge in [0.15, 0.2) is 6.10 Å². The van der Waals surface area contributed by atoms with Crippen LogP contribution in [0.5, 0.6) is 5.75 Å². The lowest BCUT2D eigenvalue weighted by Gasteiger charge is -2.09. The van der Waals surface area contributed by atoms with Crippen LogP contribution in [0, 0.1) is 0 Å². The van der Waals surface area contributed by atoms with Gasteiger partial charge in [-0.3, -0.25) is 0 Å². The van der Waals surface area contributed by atoms with Gasteiger partial charge in [-0.15, -0.1) is 0 Å². The van der Waals surface area contributed by atoms with Crippen molar-refractivity contribution in [3.05, 3.63) is 70.2 Å². The molecule has 1 atom stereocenters. The molecule has 0 saturated carbocycles. The second-order valence-electron chi connectivity index (χ2n) is 5.34. The van der Waals surface area contributed by atoms with Gasteiger partial charge in [-0.05, 0) is 51.8 Å². The Morgan fingerprint density at radius 1 is 1.20 bits per heavy atom. The molecule has 1 unspecified atom stereocenters. The Kier molecular flexibility index (Phi) is 5.19. The van der Waals surface area contributed by atoms with Crippen molar-refractivity contribution in [2.75, 3.05) is 13.7 Å². The van der Waals surface area contributed by atoms with E-state index in [-0.39, 0.29) is 6.61 Å². The number of rotatable bonds is 5. The molecule has 0 aliphatic carbocycles. The molecule has 0 bridgehead atoms. The molecular weight excluding hydrogens is 388 g/mol. The maximum absolute atomic E-state index is 12.1. The van der Waals surface area contributed by atoms with Crippen LogP contribution < -0.4 is 4.74 Å². The molecule has 0 spiro atoms. The second kappa shape index (κ2) is 7.53. The van der Waals surface area contributed by atoms with Crippen LogP contribution in [0.25, 0.3) is 5.57 Å². The molecule has 0 amide bonds. The summed E-state index contributed by atoms with van der Waals surface area (Å²) in [6, 6.07) is 14.0. The molecule has 0 N–H and O–H groups in total. The summed E-state index contributed by atoms with van der Waals surface area (Å²) >= 11 is 3.39. The average molecular weight is 403 g/mol. The lowest BCUT2D eigenvalue weighted by molar-refractivity contribution is -0.139. The minimum atomic E-state index is -0.601. The lowest BCUT2D eigenvalue weighted by Crippen LogP contribution is -2.18. The van der Waals surface area contributed by atoms with Gasteiger partial charge in [0.1, 0.15) is 12.4 Å². The number of ether oxygens (including phenoxy) is 3. The summed E-state index contributed by atoms with van der Waals surface area (Å²) in [7, 11) is 1.57. The van der Waals surface area contributed by atoms with Crippen LogP contribution >= 0.6 is 15.9 Å². The summed E-state index contributed by atoms with van der Waals surface area (Å²) in [6.07, 6.45) is 1.06. The van der Waals surface area contributed by atoms with Gasteiger partial charge in [0.05, 0.1) is 22.7 Å². The van der Waals surface area contributed by atoms with Crippen molar-refractivity contribution >= 4 is 33.4 Å². The van der Waals surface area contributed by atoms with Crippen molar-refractivity contribution in [1.29, 1.82) is 0 Å². The number of methoxy groups -OCH3 is 1. The molecule has 5 nitrogen and oxygen atoms in total. The number of carbonyl (C=O) groups excluding carboxylic acids is 2. The first-order valence-corrected chi connectivity index (χ1v) is 8.36. The molecule has 128 valence electrons.